The van der Waals surface area contributed by atoms with Gasteiger partial charge in [0, 0.05) is 18.5 Å². The molecule has 1 aromatic rings. The Balaban J connectivity index is 1.92. The number of thiazole rings is 1. The molecule has 0 aliphatic heterocycles. The molecule has 2 amide bonds. The fourth-order valence-corrected chi connectivity index (χ4v) is 2.69. The average Bonchev–Trinajstić information content (AvgIpc) is 3.07. The summed E-state index contributed by atoms with van der Waals surface area (Å²) in [6.07, 6.45) is 2.40. The molecule has 0 radical (unpaired) electrons. The van der Waals surface area contributed by atoms with Crippen LogP contribution in [0.25, 0.3) is 0 Å². The van der Waals surface area contributed by atoms with Crippen LogP contribution < -0.4 is 5.32 Å². The minimum atomic E-state index is -1.05. The molecule has 1 aromatic heterocycles. The minimum absolute atomic E-state index is 0.0245. The second-order valence-electron chi connectivity index (χ2n) is 5.03. The summed E-state index contributed by atoms with van der Waals surface area (Å²) in [5.41, 5.74) is 0.0245. The lowest BCUT2D eigenvalue weighted by Crippen LogP contribution is -2.42. The molecule has 1 atom stereocenters. The van der Waals surface area contributed by atoms with Crippen LogP contribution in [0.2, 0.25) is 0 Å². The van der Waals surface area contributed by atoms with Gasteiger partial charge in [-0.25, -0.2) is 14.6 Å². The highest BCUT2D eigenvalue weighted by molar-refractivity contribution is 7.09. The van der Waals surface area contributed by atoms with E-state index >= 15 is 0 Å². The average molecular weight is 297 g/mol. The van der Waals surface area contributed by atoms with Gasteiger partial charge in [-0.15, -0.1) is 11.3 Å². The van der Waals surface area contributed by atoms with Gasteiger partial charge in [0.1, 0.15) is 5.01 Å². The molecule has 1 saturated carbocycles. The van der Waals surface area contributed by atoms with Crippen molar-refractivity contribution in [3.63, 3.8) is 0 Å². The van der Waals surface area contributed by atoms with Gasteiger partial charge < -0.3 is 15.3 Å². The van der Waals surface area contributed by atoms with Crippen LogP contribution in [0.3, 0.4) is 0 Å². The van der Waals surface area contributed by atoms with E-state index in [9.17, 15) is 9.59 Å². The van der Waals surface area contributed by atoms with Crippen LogP contribution in [0, 0.1) is 5.92 Å². The van der Waals surface area contributed by atoms with E-state index in [-0.39, 0.29) is 17.8 Å². The second-order valence-corrected chi connectivity index (χ2v) is 5.92. The molecule has 7 heteroatoms. The van der Waals surface area contributed by atoms with E-state index in [1.165, 1.54) is 29.6 Å². The molecular weight excluding hydrogens is 278 g/mol. The quantitative estimate of drug-likeness (QED) is 0.844. The monoisotopic (exact) mass is 297 g/mol. The first-order chi connectivity index (χ1) is 9.51. The third-order valence-corrected chi connectivity index (χ3v) is 4.32. The first kappa shape index (κ1) is 14.8. The van der Waals surface area contributed by atoms with Crippen molar-refractivity contribution in [3.8, 4) is 0 Å². The zero-order valence-electron chi connectivity index (χ0n) is 11.6. The third-order valence-electron chi connectivity index (χ3n) is 3.30. The van der Waals surface area contributed by atoms with E-state index in [0.717, 1.165) is 6.54 Å². The molecular formula is C13H19N3O3S. The van der Waals surface area contributed by atoms with Gasteiger partial charge in [0.25, 0.3) is 0 Å². The first-order valence-corrected chi connectivity index (χ1v) is 7.63. The molecule has 1 unspecified atom stereocenters. The molecule has 1 heterocycles. The normalized spacial score (nSPS) is 15.7. The molecule has 1 fully saturated rings. The molecule has 0 saturated heterocycles. The number of urea groups is 1. The number of rotatable bonds is 6. The van der Waals surface area contributed by atoms with Crippen molar-refractivity contribution in [2.24, 2.45) is 5.92 Å². The van der Waals surface area contributed by atoms with E-state index < -0.39 is 5.97 Å². The Morgan fingerprint density at radius 1 is 1.60 bits per heavy atom. The summed E-state index contributed by atoms with van der Waals surface area (Å²) >= 11 is 1.25. The van der Waals surface area contributed by atoms with Crippen LogP contribution >= 0.6 is 11.3 Å². The number of nitrogens with zero attached hydrogens (tertiary/aromatic N) is 2. The van der Waals surface area contributed by atoms with Gasteiger partial charge in [0.2, 0.25) is 0 Å². The highest BCUT2D eigenvalue weighted by Crippen LogP contribution is 2.29. The standard InChI is InChI=1S/C13H19N3O3S/c1-3-16(6-9-4-5-9)13(19)14-8(2)11-15-10(7-20-11)12(17)18/h7-9H,3-6H2,1-2H3,(H,14,19)(H,17,18). The van der Waals surface area contributed by atoms with Gasteiger partial charge >= 0.3 is 12.0 Å². The van der Waals surface area contributed by atoms with E-state index in [0.29, 0.717) is 17.5 Å². The number of amides is 2. The lowest BCUT2D eigenvalue weighted by atomic mass is 10.3. The third kappa shape index (κ3) is 3.69. The maximum absolute atomic E-state index is 12.1. The topological polar surface area (TPSA) is 82.5 Å². The summed E-state index contributed by atoms with van der Waals surface area (Å²) in [6, 6.07) is -0.396. The van der Waals surface area contributed by atoms with Gasteiger partial charge in [0.05, 0.1) is 6.04 Å². The van der Waals surface area contributed by atoms with Crippen molar-refractivity contribution >= 4 is 23.3 Å². The van der Waals surface area contributed by atoms with Crippen molar-refractivity contribution in [1.29, 1.82) is 0 Å². The molecule has 20 heavy (non-hydrogen) atoms. The summed E-state index contributed by atoms with van der Waals surface area (Å²) in [6.45, 7) is 5.24. The number of carbonyl (C=O) groups is 2. The molecule has 1 aliphatic carbocycles. The number of carbonyl (C=O) groups excluding carboxylic acids is 1. The fourth-order valence-electron chi connectivity index (χ4n) is 1.89. The number of hydrogen-bond acceptors (Lipinski definition) is 4. The van der Waals surface area contributed by atoms with Crippen LogP contribution in [-0.2, 0) is 0 Å². The molecule has 6 nitrogen and oxygen atoms in total. The number of nitrogens with one attached hydrogen (secondary N) is 1. The van der Waals surface area contributed by atoms with Crippen LogP contribution in [0.4, 0.5) is 4.79 Å². The van der Waals surface area contributed by atoms with E-state index in [2.05, 4.69) is 10.3 Å². The lowest BCUT2D eigenvalue weighted by Gasteiger charge is -2.23. The van der Waals surface area contributed by atoms with Gasteiger partial charge in [-0.3, -0.25) is 0 Å². The van der Waals surface area contributed by atoms with Gasteiger partial charge in [-0.05, 0) is 32.6 Å². The van der Waals surface area contributed by atoms with Gasteiger partial charge in [-0.2, -0.15) is 0 Å². The number of aromatic nitrogens is 1. The fraction of sp³-hybridized carbons (Fsp3) is 0.615. The number of aromatic carboxylic acids is 1. The first-order valence-electron chi connectivity index (χ1n) is 6.75. The molecule has 2 rings (SSSR count). The number of carboxylic acid groups (broad SMARTS) is 1. The maximum atomic E-state index is 12.1. The van der Waals surface area contributed by atoms with Crippen molar-refractivity contribution in [1.82, 2.24) is 15.2 Å². The van der Waals surface area contributed by atoms with Crippen molar-refractivity contribution in [2.45, 2.75) is 32.7 Å². The molecule has 0 bridgehead atoms. The Morgan fingerprint density at radius 3 is 2.80 bits per heavy atom. The highest BCUT2D eigenvalue weighted by atomic mass is 32.1. The Bertz CT molecular complexity index is 499. The van der Waals surface area contributed by atoms with Crippen molar-refractivity contribution in [2.75, 3.05) is 13.1 Å². The minimum Gasteiger partial charge on any atom is -0.476 e. The maximum Gasteiger partial charge on any atom is 0.355 e. The molecule has 110 valence electrons. The second kappa shape index (κ2) is 6.21. The largest absolute Gasteiger partial charge is 0.476 e. The Labute approximate surface area is 121 Å². The zero-order valence-corrected chi connectivity index (χ0v) is 12.4. The lowest BCUT2D eigenvalue weighted by molar-refractivity contribution is 0.0691. The number of carboxylic acids is 1. The predicted molar refractivity (Wildman–Crippen MR) is 76.0 cm³/mol. The van der Waals surface area contributed by atoms with Crippen molar-refractivity contribution in [3.05, 3.63) is 16.1 Å². The van der Waals surface area contributed by atoms with Crippen molar-refractivity contribution < 1.29 is 14.7 Å². The summed E-state index contributed by atoms with van der Waals surface area (Å²) in [5, 5.41) is 13.8. The van der Waals surface area contributed by atoms with E-state index in [1.807, 2.05) is 13.8 Å². The van der Waals surface area contributed by atoms with Crippen LogP contribution in [0.5, 0.6) is 0 Å². The molecule has 0 aromatic carbocycles. The van der Waals surface area contributed by atoms with E-state index in [1.54, 1.807) is 4.90 Å². The summed E-state index contributed by atoms with van der Waals surface area (Å²) in [7, 11) is 0. The SMILES string of the molecule is CCN(CC1CC1)C(=O)NC(C)c1nc(C(=O)O)cs1. The number of hydrogen-bond donors (Lipinski definition) is 2. The molecule has 1 aliphatic rings. The predicted octanol–water partition coefficient (Wildman–Crippen LogP) is 2.34. The molecule has 0 spiro atoms. The Kier molecular flexibility index (Phi) is 4.59. The summed E-state index contributed by atoms with van der Waals surface area (Å²) < 4.78 is 0. The Morgan fingerprint density at radius 2 is 2.30 bits per heavy atom. The molecule has 2 N–H and O–H groups in total. The Hall–Kier alpha value is -1.63. The summed E-state index contributed by atoms with van der Waals surface area (Å²) in [4.78, 5) is 28.7. The van der Waals surface area contributed by atoms with Gasteiger partial charge in [0.15, 0.2) is 5.69 Å². The van der Waals surface area contributed by atoms with E-state index in [4.69, 9.17) is 5.11 Å². The van der Waals surface area contributed by atoms with Gasteiger partial charge in [-0.1, -0.05) is 0 Å². The van der Waals surface area contributed by atoms with Crippen LogP contribution in [0.15, 0.2) is 5.38 Å². The van der Waals surface area contributed by atoms with Crippen LogP contribution in [-0.4, -0.2) is 40.1 Å². The highest BCUT2D eigenvalue weighted by Gasteiger charge is 2.27. The van der Waals surface area contributed by atoms with Crippen LogP contribution in [0.1, 0.15) is 48.2 Å². The zero-order chi connectivity index (χ0) is 14.7. The summed E-state index contributed by atoms with van der Waals surface area (Å²) in [5.74, 6) is -0.399. The smallest absolute Gasteiger partial charge is 0.355 e.